The van der Waals surface area contributed by atoms with E-state index in [2.05, 4.69) is 0 Å². The second-order valence-corrected chi connectivity index (χ2v) is 5.90. The summed E-state index contributed by atoms with van der Waals surface area (Å²) in [7, 11) is 3.89. The lowest BCUT2D eigenvalue weighted by Crippen LogP contribution is -2.55. The summed E-state index contributed by atoms with van der Waals surface area (Å²) in [4.78, 5) is 29.1. The Hall–Kier alpha value is -1.68. The number of likely N-dealkylation sites (N-methyl/N-ethyl adjacent to an activating group) is 1. The van der Waals surface area contributed by atoms with Gasteiger partial charge in [0.2, 0.25) is 5.91 Å². The second kappa shape index (κ2) is 5.98. The number of amides is 2. The first-order valence-electron chi connectivity index (χ1n) is 7.58. The van der Waals surface area contributed by atoms with E-state index in [1.54, 1.807) is 0 Å². The molecular formula is C17H24N2O2. The molecule has 21 heavy (non-hydrogen) atoms. The third-order valence-electron chi connectivity index (χ3n) is 4.55. The molecule has 0 atom stereocenters. The minimum Gasteiger partial charge on any atom is -0.308 e. The van der Waals surface area contributed by atoms with Crippen molar-refractivity contribution in [3.8, 4) is 0 Å². The van der Waals surface area contributed by atoms with Crippen LogP contribution in [0.25, 0.3) is 0 Å². The molecule has 1 aliphatic rings. The van der Waals surface area contributed by atoms with E-state index >= 15 is 0 Å². The molecule has 1 heterocycles. The van der Waals surface area contributed by atoms with Gasteiger partial charge < -0.3 is 4.90 Å². The van der Waals surface area contributed by atoms with Crippen LogP contribution in [0.15, 0.2) is 24.3 Å². The van der Waals surface area contributed by atoms with E-state index in [-0.39, 0.29) is 11.8 Å². The minimum atomic E-state index is -0.559. The summed E-state index contributed by atoms with van der Waals surface area (Å²) < 4.78 is 0. The quantitative estimate of drug-likeness (QED) is 0.781. The van der Waals surface area contributed by atoms with Crippen LogP contribution < -0.4 is 0 Å². The fourth-order valence-corrected chi connectivity index (χ4v) is 3.13. The molecule has 0 aliphatic carbocycles. The number of benzene rings is 1. The van der Waals surface area contributed by atoms with Crippen LogP contribution in [0.4, 0.5) is 0 Å². The number of imide groups is 1. The van der Waals surface area contributed by atoms with Crippen LogP contribution in [0.1, 0.15) is 42.6 Å². The molecule has 0 unspecified atom stereocenters. The maximum Gasteiger partial charge on any atom is 0.260 e. The van der Waals surface area contributed by atoms with E-state index in [9.17, 15) is 9.59 Å². The number of hydrogen-bond donors (Lipinski definition) is 0. The summed E-state index contributed by atoms with van der Waals surface area (Å²) in [6, 6.07) is 7.55. The van der Waals surface area contributed by atoms with Crippen LogP contribution in [0.5, 0.6) is 0 Å². The zero-order valence-corrected chi connectivity index (χ0v) is 13.3. The van der Waals surface area contributed by atoms with Gasteiger partial charge in [-0.05, 0) is 38.6 Å². The predicted octanol–water partition coefficient (Wildman–Crippen LogP) is 2.29. The van der Waals surface area contributed by atoms with Crippen LogP contribution in [0.3, 0.4) is 0 Å². The lowest BCUT2D eigenvalue weighted by Gasteiger charge is -2.41. The van der Waals surface area contributed by atoms with Gasteiger partial charge in [0, 0.05) is 18.7 Å². The van der Waals surface area contributed by atoms with Crippen molar-refractivity contribution in [3.63, 3.8) is 0 Å². The summed E-state index contributed by atoms with van der Waals surface area (Å²) in [5.41, 5.74) is 1.02. The van der Waals surface area contributed by atoms with Gasteiger partial charge in [0.05, 0.1) is 5.41 Å². The summed E-state index contributed by atoms with van der Waals surface area (Å²) >= 11 is 0. The van der Waals surface area contributed by atoms with Gasteiger partial charge >= 0.3 is 0 Å². The summed E-state index contributed by atoms with van der Waals surface area (Å²) in [6.07, 6.45) is 1.43. The van der Waals surface area contributed by atoms with Crippen molar-refractivity contribution in [1.82, 2.24) is 9.80 Å². The Morgan fingerprint density at radius 2 is 1.71 bits per heavy atom. The molecule has 0 fully saturated rings. The van der Waals surface area contributed by atoms with E-state index in [1.807, 2.05) is 57.1 Å². The standard InChI is InChI=1S/C17H24N2O2/c1-5-17(6-2)14-10-8-7-9-13(14)15(20)19(16(17)21)12-11-18(3)4/h7-10H,5-6,11-12H2,1-4H3. The molecule has 0 radical (unpaired) electrons. The molecule has 0 spiro atoms. The van der Waals surface area contributed by atoms with E-state index in [4.69, 9.17) is 0 Å². The lowest BCUT2D eigenvalue weighted by atomic mass is 9.70. The van der Waals surface area contributed by atoms with Crippen LogP contribution in [0.2, 0.25) is 0 Å². The molecular weight excluding hydrogens is 264 g/mol. The molecule has 114 valence electrons. The monoisotopic (exact) mass is 288 g/mol. The normalized spacial score (nSPS) is 17.3. The highest BCUT2D eigenvalue weighted by Crippen LogP contribution is 2.40. The number of fused-ring (bicyclic) bond motifs is 1. The molecule has 0 saturated heterocycles. The van der Waals surface area contributed by atoms with Gasteiger partial charge in [-0.3, -0.25) is 14.5 Å². The van der Waals surface area contributed by atoms with Crippen molar-refractivity contribution in [2.24, 2.45) is 0 Å². The second-order valence-electron chi connectivity index (χ2n) is 5.90. The number of carbonyl (C=O) groups excluding carboxylic acids is 2. The highest BCUT2D eigenvalue weighted by Gasteiger charge is 2.47. The van der Waals surface area contributed by atoms with Crippen molar-refractivity contribution >= 4 is 11.8 Å². The van der Waals surface area contributed by atoms with Crippen LogP contribution in [0, 0.1) is 0 Å². The van der Waals surface area contributed by atoms with Gasteiger partial charge in [0.1, 0.15) is 0 Å². The Morgan fingerprint density at radius 1 is 1.10 bits per heavy atom. The molecule has 1 aromatic rings. The van der Waals surface area contributed by atoms with E-state index < -0.39 is 5.41 Å². The maximum atomic E-state index is 13.0. The highest BCUT2D eigenvalue weighted by atomic mass is 16.2. The Labute approximate surface area is 126 Å². The first-order valence-corrected chi connectivity index (χ1v) is 7.58. The number of rotatable bonds is 5. The average Bonchev–Trinajstić information content (AvgIpc) is 2.48. The predicted molar refractivity (Wildman–Crippen MR) is 83.3 cm³/mol. The van der Waals surface area contributed by atoms with Gasteiger partial charge in [-0.25, -0.2) is 0 Å². The highest BCUT2D eigenvalue weighted by molar-refractivity contribution is 6.13. The van der Waals surface area contributed by atoms with E-state index in [1.165, 1.54) is 4.90 Å². The molecule has 0 N–H and O–H groups in total. The van der Waals surface area contributed by atoms with Crippen LogP contribution in [-0.2, 0) is 10.2 Å². The minimum absolute atomic E-state index is 0.0435. The van der Waals surface area contributed by atoms with Crippen LogP contribution >= 0.6 is 0 Å². The number of nitrogens with zero attached hydrogens (tertiary/aromatic N) is 2. The Bertz CT molecular complexity index is 547. The molecule has 0 saturated carbocycles. The SMILES string of the molecule is CCC1(CC)C(=O)N(CCN(C)C)C(=O)c2ccccc21. The molecule has 4 heteroatoms. The average molecular weight is 288 g/mol. The van der Waals surface area contributed by atoms with Crippen molar-refractivity contribution < 1.29 is 9.59 Å². The smallest absolute Gasteiger partial charge is 0.260 e. The first kappa shape index (κ1) is 15.7. The van der Waals surface area contributed by atoms with Gasteiger partial charge in [0.15, 0.2) is 0 Å². The van der Waals surface area contributed by atoms with Crippen molar-refractivity contribution in [3.05, 3.63) is 35.4 Å². The Kier molecular flexibility index (Phi) is 4.47. The zero-order valence-electron chi connectivity index (χ0n) is 13.3. The van der Waals surface area contributed by atoms with Gasteiger partial charge in [-0.2, -0.15) is 0 Å². The fourth-order valence-electron chi connectivity index (χ4n) is 3.13. The molecule has 4 nitrogen and oxygen atoms in total. The van der Waals surface area contributed by atoms with Gasteiger partial charge in [-0.1, -0.05) is 32.0 Å². The third kappa shape index (κ3) is 2.48. The Morgan fingerprint density at radius 3 is 2.29 bits per heavy atom. The fraction of sp³-hybridized carbons (Fsp3) is 0.529. The van der Waals surface area contributed by atoms with Crippen molar-refractivity contribution in [2.45, 2.75) is 32.1 Å². The molecule has 1 aliphatic heterocycles. The molecule has 1 aromatic carbocycles. The largest absolute Gasteiger partial charge is 0.308 e. The summed E-state index contributed by atoms with van der Waals surface area (Å²) in [5.74, 6) is -0.201. The van der Waals surface area contributed by atoms with Crippen molar-refractivity contribution in [1.29, 1.82) is 0 Å². The summed E-state index contributed by atoms with van der Waals surface area (Å²) in [5, 5.41) is 0. The van der Waals surface area contributed by atoms with Crippen molar-refractivity contribution in [2.75, 3.05) is 27.2 Å². The molecule has 2 amide bonds. The van der Waals surface area contributed by atoms with E-state index in [0.717, 1.165) is 5.56 Å². The maximum absolute atomic E-state index is 13.0. The molecule has 2 rings (SSSR count). The zero-order chi connectivity index (χ0) is 15.6. The molecule has 0 aromatic heterocycles. The first-order chi connectivity index (χ1) is 9.97. The van der Waals surface area contributed by atoms with E-state index in [0.29, 0.717) is 31.5 Å². The third-order valence-corrected chi connectivity index (χ3v) is 4.55. The Balaban J connectivity index is 2.50. The molecule has 0 bridgehead atoms. The summed E-state index contributed by atoms with van der Waals surface area (Å²) in [6.45, 7) is 5.18. The van der Waals surface area contributed by atoms with Crippen LogP contribution in [-0.4, -0.2) is 48.8 Å². The lowest BCUT2D eigenvalue weighted by molar-refractivity contribution is -0.136. The number of carbonyl (C=O) groups is 2. The topological polar surface area (TPSA) is 40.6 Å². The van der Waals surface area contributed by atoms with Gasteiger partial charge in [0.25, 0.3) is 5.91 Å². The van der Waals surface area contributed by atoms with Gasteiger partial charge in [-0.15, -0.1) is 0 Å². The number of hydrogen-bond acceptors (Lipinski definition) is 3.